The van der Waals surface area contributed by atoms with Crippen LogP contribution >= 0.6 is 11.6 Å². The number of nitrogen functional groups attached to an aromatic ring is 1. The molecule has 0 saturated carbocycles. The summed E-state index contributed by atoms with van der Waals surface area (Å²) in [4.78, 5) is 4.13. The van der Waals surface area contributed by atoms with Crippen molar-refractivity contribution < 1.29 is 14.2 Å². The van der Waals surface area contributed by atoms with Crippen LogP contribution in [-0.4, -0.2) is 11.8 Å². The van der Waals surface area contributed by atoms with Crippen molar-refractivity contribution in [2.45, 2.75) is 6.61 Å². The highest BCUT2D eigenvalue weighted by Crippen LogP contribution is 2.35. The van der Waals surface area contributed by atoms with Crippen LogP contribution in [0, 0.1) is 0 Å². The van der Waals surface area contributed by atoms with Gasteiger partial charge in [0, 0.05) is 6.07 Å². The fraction of sp³-hybridized carbons (Fsp3) is 0.154. The van der Waals surface area contributed by atoms with E-state index < -0.39 is 0 Å². The largest absolute Gasteiger partial charge is 0.487 e. The molecule has 1 aliphatic heterocycles. The number of halogens is 1. The summed E-state index contributed by atoms with van der Waals surface area (Å²) in [5, 5.41) is 0.523. The van der Waals surface area contributed by atoms with Crippen LogP contribution < -0.4 is 19.9 Å². The van der Waals surface area contributed by atoms with E-state index in [1.165, 1.54) is 0 Å². The van der Waals surface area contributed by atoms with Crippen LogP contribution in [0.5, 0.6) is 17.2 Å². The minimum Gasteiger partial charge on any atom is -0.487 e. The number of nitrogens with two attached hydrogens (primary N) is 1. The van der Waals surface area contributed by atoms with Gasteiger partial charge in [0.1, 0.15) is 18.2 Å². The lowest BCUT2D eigenvalue weighted by Crippen LogP contribution is -2.01. The van der Waals surface area contributed by atoms with E-state index in [-0.39, 0.29) is 13.4 Å². The smallest absolute Gasteiger partial charge is 0.231 e. The lowest BCUT2D eigenvalue weighted by Gasteiger charge is -2.08. The number of hydrogen-bond acceptors (Lipinski definition) is 5. The lowest BCUT2D eigenvalue weighted by molar-refractivity contribution is 0.173. The fourth-order valence-corrected chi connectivity index (χ4v) is 1.88. The quantitative estimate of drug-likeness (QED) is 0.935. The van der Waals surface area contributed by atoms with Crippen LogP contribution in [0.3, 0.4) is 0 Å². The number of aromatic nitrogens is 1. The molecule has 0 unspecified atom stereocenters. The van der Waals surface area contributed by atoms with Gasteiger partial charge in [-0.15, -0.1) is 0 Å². The Morgan fingerprint density at radius 3 is 2.95 bits per heavy atom. The second-order valence-corrected chi connectivity index (χ2v) is 4.38. The summed E-state index contributed by atoms with van der Waals surface area (Å²) in [5.41, 5.74) is 6.20. The second kappa shape index (κ2) is 4.85. The van der Waals surface area contributed by atoms with Gasteiger partial charge in [-0.05, 0) is 24.3 Å². The molecule has 0 spiro atoms. The molecule has 1 aromatic heterocycles. The number of pyridine rings is 1. The molecule has 0 saturated heterocycles. The number of anilines is 1. The Morgan fingerprint density at radius 2 is 2.05 bits per heavy atom. The maximum atomic E-state index is 6.01. The van der Waals surface area contributed by atoms with E-state index in [9.17, 15) is 0 Å². The highest BCUT2D eigenvalue weighted by molar-refractivity contribution is 6.31. The summed E-state index contributed by atoms with van der Waals surface area (Å²) in [5.74, 6) is 2.45. The maximum absolute atomic E-state index is 6.01. The Labute approximate surface area is 114 Å². The summed E-state index contributed by atoms with van der Waals surface area (Å²) < 4.78 is 16.1. The van der Waals surface area contributed by atoms with E-state index in [1.807, 2.05) is 0 Å². The van der Waals surface area contributed by atoms with Gasteiger partial charge in [-0.2, -0.15) is 0 Å². The third kappa shape index (κ3) is 2.51. The average molecular weight is 279 g/mol. The summed E-state index contributed by atoms with van der Waals surface area (Å²) in [6, 6.07) is 8.71. The van der Waals surface area contributed by atoms with Gasteiger partial charge in [-0.1, -0.05) is 11.6 Å². The van der Waals surface area contributed by atoms with E-state index in [0.29, 0.717) is 33.8 Å². The van der Waals surface area contributed by atoms with Gasteiger partial charge in [-0.3, -0.25) is 0 Å². The van der Waals surface area contributed by atoms with Crippen molar-refractivity contribution in [2.75, 3.05) is 12.5 Å². The molecule has 6 heteroatoms. The first kappa shape index (κ1) is 11.9. The van der Waals surface area contributed by atoms with Crippen molar-refractivity contribution in [3.8, 4) is 17.2 Å². The fourth-order valence-electron chi connectivity index (χ4n) is 1.72. The molecule has 19 heavy (non-hydrogen) atoms. The van der Waals surface area contributed by atoms with Crippen molar-refractivity contribution in [2.24, 2.45) is 0 Å². The molecular weight excluding hydrogens is 268 g/mol. The summed E-state index contributed by atoms with van der Waals surface area (Å²) in [6.45, 7) is 0.477. The van der Waals surface area contributed by atoms with Gasteiger partial charge in [-0.25, -0.2) is 4.98 Å². The first-order valence-electron chi connectivity index (χ1n) is 5.66. The SMILES string of the molecule is Nc1ccc(Cl)c(COc2ccc3c(c2)OCO3)n1. The standard InChI is InChI=1S/C13H11ClN2O3/c14-9-2-4-13(15)16-10(9)6-17-8-1-3-11-12(5-8)19-7-18-11/h1-5H,6-7H2,(H2,15,16). The summed E-state index contributed by atoms with van der Waals surface area (Å²) in [6.07, 6.45) is 0. The lowest BCUT2D eigenvalue weighted by atomic mass is 10.3. The zero-order valence-corrected chi connectivity index (χ0v) is 10.7. The minimum atomic E-state index is 0.237. The Hall–Kier alpha value is -2.14. The van der Waals surface area contributed by atoms with E-state index >= 15 is 0 Å². The zero-order chi connectivity index (χ0) is 13.2. The predicted octanol–water partition coefficient (Wildman–Crippen LogP) is 2.62. The molecule has 0 radical (unpaired) electrons. The first-order chi connectivity index (χ1) is 9.22. The van der Waals surface area contributed by atoms with Gasteiger partial charge in [0.2, 0.25) is 6.79 Å². The molecule has 2 aromatic rings. The number of nitrogens with zero attached hydrogens (tertiary/aromatic N) is 1. The molecule has 2 N–H and O–H groups in total. The Kier molecular flexibility index (Phi) is 3.05. The predicted molar refractivity (Wildman–Crippen MR) is 70.6 cm³/mol. The third-order valence-electron chi connectivity index (χ3n) is 2.66. The molecule has 0 aliphatic carbocycles. The van der Waals surface area contributed by atoms with Crippen LogP contribution in [0.15, 0.2) is 30.3 Å². The molecule has 1 aromatic carbocycles. The molecule has 2 heterocycles. The molecular formula is C13H11ClN2O3. The van der Waals surface area contributed by atoms with Gasteiger partial charge in [0.25, 0.3) is 0 Å². The number of hydrogen-bond donors (Lipinski definition) is 1. The van der Waals surface area contributed by atoms with Crippen molar-refractivity contribution in [1.82, 2.24) is 4.98 Å². The number of rotatable bonds is 3. The van der Waals surface area contributed by atoms with Gasteiger partial charge >= 0.3 is 0 Å². The van der Waals surface area contributed by atoms with Crippen molar-refractivity contribution in [1.29, 1.82) is 0 Å². The van der Waals surface area contributed by atoms with Crippen molar-refractivity contribution in [3.05, 3.63) is 41.0 Å². The second-order valence-electron chi connectivity index (χ2n) is 3.97. The molecule has 3 rings (SSSR count). The highest BCUT2D eigenvalue weighted by Gasteiger charge is 2.14. The van der Waals surface area contributed by atoms with E-state index in [4.69, 9.17) is 31.5 Å². The molecule has 1 aliphatic rings. The molecule has 0 bridgehead atoms. The molecule has 5 nitrogen and oxygen atoms in total. The van der Waals surface area contributed by atoms with E-state index in [1.54, 1.807) is 30.3 Å². The monoisotopic (exact) mass is 278 g/mol. The molecule has 98 valence electrons. The average Bonchev–Trinajstić information content (AvgIpc) is 2.87. The van der Waals surface area contributed by atoms with E-state index in [0.717, 1.165) is 0 Å². The van der Waals surface area contributed by atoms with Crippen LogP contribution in [0.1, 0.15) is 5.69 Å². The Morgan fingerprint density at radius 1 is 1.21 bits per heavy atom. The number of benzene rings is 1. The molecule has 0 amide bonds. The first-order valence-corrected chi connectivity index (χ1v) is 6.03. The Balaban J connectivity index is 1.74. The van der Waals surface area contributed by atoms with Gasteiger partial charge in [0.15, 0.2) is 11.5 Å². The minimum absolute atomic E-state index is 0.237. The molecule has 0 atom stereocenters. The van der Waals surface area contributed by atoms with Gasteiger partial charge in [0.05, 0.1) is 10.7 Å². The number of ether oxygens (including phenoxy) is 3. The van der Waals surface area contributed by atoms with Crippen LogP contribution in [0.2, 0.25) is 5.02 Å². The Bertz CT molecular complexity index is 619. The number of fused-ring (bicyclic) bond motifs is 1. The molecule has 0 fully saturated rings. The zero-order valence-electron chi connectivity index (χ0n) is 9.93. The summed E-state index contributed by atoms with van der Waals surface area (Å²) in [7, 11) is 0. The van der Waals surface area contributed by atoms with Gasteiger partial charge < -0.3 is 19.9 Å². The maximum Gasteiger partial charge on any atom is 0.231 e. The van der Waals surface area contributed by atoms with Crippen molar-refractivity contribution >= 4 is 17.4 Å². The third-order valence-corrected chi connectivity index (χ3v) is 3.00. The van der Waals surface area contributed by atoms with Crippen LogP contribution in [0.25, 0.3) is 0 Å². The van der Waals surface area contributed by atoms with Crippen LogP contribution in [-0.2, 0) is 6.61 Å². The van der Waals surface area contributed by atoms with E-state index in [2.05, 4.69) is 4.98 Å². The summed E-state index contributed by atoms with van der Waals surface area (Å²) >= 11 is 6.01. The highest BCUT2D eigenvalue weighted by atomic mass is 35.5. The van der Waals surface area contributed by atoms with Crippen LogP contribution in [0.4, 0.5) is 5.82 Å². The van der Waals surface area contributed by atoms with Crippen molar-refractivity contribution in [3.63, 3.8) is 0 Å². The topological polar surface area (TPSA) is 66.6 Å². The normalized spacial score (nSPS) is 12.5.